The van der Waals surface area contributed by atoms with Gasteiger partial charge in [0.25, 0.3) is 0 Å². The average Bonchev–Trinajstić information content (AvgIpc) is 3.06. The molecule has 1 saturated heterocycles. The molecule has 0 unspecified atom stereocenters. The Morgan fingerprint density at radius 2 is 2.22 bits per heavy atom. The first-order valence-corrected chi connectivity index (χ1v) is 10.2. The minimum absolute atomic E-state index is 0.129. The Bertz CT molecular complexity index is 796. The Labute approximate surface area is 140 Å². The molecule has 0 saturated carbocycles. The lowest BCUT2D eigenvalue weighted by Crippen LogP contribution is -2.34. The number of nitrogens with zero attached hydrogens (tertiary/aromatic N) is 5. The summed E-state index contributed by atoms with van der Waals surface area (Å²) in [5.41, 5.74) is 2.90. The van der Waals surface area contributed by atoms with Gasteiger partial charge in [0.1, 0.15) is 0 Å². The van der Waals surface area contributed by atoms with Gasteiger partial charge in [-0.05, 0) is 26.3 Å². The molecule has 2 aromatic rings. The molecule has 9 heteroatoms. The molecule has 0 spiro atoms. The Hall–Kier alpha value is -1.32. The molecule has 3 rings (SSSR count). The largest absolute Gasteiger partial charge is 0.298 e. The van der Waals surface area contributed by atoms with Gasteiger partial charge in [-0.2, -0.15) is 5.10 Å². The number of aromatic nitrogens is 4. The van der Waals surface area contributed by atoms with Crippen molar-refractivity contribution in [3.63, 3.8) is 0 Å². The molecule has 0 bridgehead atoms. The molecular weight excluding hydrogens is 334 g/mol. The fraction of sp³-hybridized carbons (Fsp3) is 0.643. The number of hydrogen-bond acceptors (Lipinski definition) is 7. The van der Waals surface area contributed by atoms with Crippen LogP contribution >= 0.6 is 11.5 Å². The molecule has 0 amide bonds. The highest BCUT2D eigenvalue weighted by atomic mass is 32.2. The topological polar surface area (TPSA) is 81.0 Å². The van der Waals surface area contributed by atoms with E-state index in [1.807, 2.05) is 24.9 Å². The van der Waals surface area contributed by atoms with Crippen LogP contribution in [0, 0.1) is 6.92 Å². The van der Waals surface area contributed by atoms with E-state index in [0.29, 0.717) is 9.90 Å². The number of hydrogen-bond donors (Lipinski definition) is 0. The summed E-state index contributed by atoms with van der Waals surface area (Å²) in [6.45, 7) is 4.67. The molecular formula is C14H21N5O2S2. The fourth-order valence-corrected chi connectivity index (χ4v) is 4.90. The second kappa shape index (κ2) is 6.29. The number of aryl methyl sites for hydroxylation is 2. The van der Waals surface area contributed by atoms with E-state index < -0.39 is 9.84 Å². The van der Waals surface area contributed by atoms with Crippen LogP contribution in [0.3, 0.4) is 0 Å². The van der Waals surface area contributed by atoms with Gasteiger partial charge < -0.3 is 0 Å². The van der Waals surface area contributed by atoms with E-state index in [1.54, 1.807) is 0 Å². The monoisotopic (exact) mass is 355 g/mol. The summed E-state index contributed by atoms with van der Waals surface area (Å²) in [6, 6.07) is 0. The second-order valence-electron chi connectivity index (χ2n) is 6.21. The van der Waals surface area contributed by atoms with Gasteiger partial charge in [-0.15, -0.1) is 5.10 Å². The van der Waals surface area contributed by atoms with Crippen molar-refractivity contribution in [1.82, 2.24) is 24.3 Å². The van der Waals surface area contributed by atoms with Gasteiger partial charge in [-0.25, -0.2) is 8.42 Å². The van der Waals surface area contributed by atoms with Crippen LogP contribution in [0.2, 0.25) is 0 Å². The van der Waals surface area contributed by atoms with Gasteiger partial charge in [0.2, 0.25) is 0 Å². The van der Waals surface area contributed by atoms with Gasteiger partial charge in [0.15, 0.2) is 14.0 Å². The molecule has 1 atom stereocenters. The van der Waals surface area contributed by atoms with Crippen LogP contribution in [0.5, 0.6) is 0 Å². The Morgan fingerprint density at radius 1 is 1.43 bits per heavy atom. The van der Waals surface area contributed by atoms with Crippen LogP contribution in [0.25, 0.3) is 0 Å². The maximum Gasteiger partial charge on any atom is 0.188 e. The molecule has 1 fully saturated rings. The Balaban J connectivity index is 1.77. The van der Waals surface area contributed by atoms with E-state index in [1.165, 1.54) is 11.8 Å². The fourth-order valence-electron chi connectivity index (χ4n) is 3.16. The van der Waals surface area contributed by atoms with Crippen LogP contribution < -0.4 is 0 Å². The summed E-state index contributed by atoms with van der Waals surface area (Å²) >= 11 is 0.980. The number of sulfone groups is 1. The third kappa shape index (κ3) is 3.61. The first kappa shape index (κ1) is 16.5. The van der Waals surface area contributed by atoms with Gasteiger partial charge in [-0.3, -0.25) is 9.58 Å². The molecule has 126 valence electrons. The van der Waals surface area contributed by atoms with Crippen molar-refractivity contribution in [3.05, 3.63) is 23.1 Å². The van der Waals surface area contributed by atoms with Crippen molar-refractivity contribution in [2.45, 2.75) is 36.4 Å². The van der Waals surface area contributed by atoms with E-state index in [-0.39, 0.29) is 5.92 Å². The van der Waals surface area contributed by atoms with Crippen LogP contribution in [0.15, 0.2) is 10.4 Å². The molecule has 1 aliphatic heterocycles. The lowest BCUT2D eigenvalue weighted by Gasteiger charge is -2.31. The van der Waals surface area contributed by atoms with Gasteiger partial charge >= 0.3 is 0 Å². The molecule has 0 radical (unpaired) electrons. The standard InChI is InChI=1S/C14H21N5O2S2/c1-10-12(7-18(2)16-10)9-19-6-4-5-11(8-19)13-14(22-17-15-13)23(3,20)21/h7,11H,4-6,8-9H2,1-3H3/t11-/m0/s1. The molecule has 3 heterocycles. The first-order valence-electron chi connectivity index (χ1n) is 7.58. The van der Waals surface area contributed by atoms with Crippen molar-refractivity contribution in [2.75, 3.05) is 19.3 Å². The van der Waals surface area contributed by atoms with Gasteiger partial charge in [-0.1, -0.05) is 4.49 Å². The quantitative estimate of drug-likeness (QED) is 0.824. The molecule has 1 aliphatic rings. The highest BCUT2D eigenvalue weighted by molar-refractivity contribution is 7.92. The minimum atomic E-state index is -3.26. The lowest BCUT2D eigenvalue weighted by atomic mass is 9.95. The van der Waals surface area contributed by atoms with Crippen LogP contribution in [-0.4, -0.2) is 52.0 Å². The average molecular weight is 355 g/mol. The van der Waals surface area contributed by atoms with Crippen molar-refractivity contribution in [1.29, 1.82) is 0 Å². The van der Waals surface area contributed by atoms with Crippen molar-refractivity contribution < 1.29 is 8.42 Å². The normalized spacial score (nSPS) is 20.0. The molecule has 0 aromatic carbocycles. The lowest BCUT2D eigenvalue weighted by molar-refractivity contribution is 0.197. The second-order valence-corrected chi connectivity index (χ2v) is 9.17. The van der Waals surface area contributed by atoms with Crippen LogP contribution in [0.4, 0.5) is 0 Å². The molecule has 7 nitrogen and oxygen atoms in total. The summed E-state index contributed by atoms with van der Waals surface area (Å²) in [5, 5.41) is 8.50. The van der Waals surface area contributed by atoms with E-state index >= 15 is 0 Å². The molecule has 0 N–H and O–H groups in total. The zero-order valence-corrected chi connectivity index (χ0v) is 15.2. The van der Waals surface area contributed by atoms with E-state index in [9.17, 15) is 8.42 Å². The summed E-state index contributed by atoms with van der Waals surface area (Å²) in [4.78, 5) is 2.35. The third-order valence-corrected chi connectivity index (χ3v) is 6.77. The highest BCUT2D eigenvalue weighted by Crippen LogP contribution is 2.32. The summed E-state index contributed by atoms with van der Waals surface area (Å²) in [7, 11) is -1.33. The predicted molar refractivity (Wildman–Crippen MR) is 88.2 cm³/mol. The number of likely N-dealkylation sites (tertiary alicyclic amines) is 1. The van der Waals surface area contributed by atoms with E-state index in [4.69, 9.17) is 0 Å². The van der Waals surface area contributed by atoms with Crippen molar-refractivity contribution >= 4 is 21.4 Å². The summed E-state index contributed by atoms with van der Waals surface area (Å²) in [6.07, 6.45) is 5.26. The Kier molecular flexibility index (Phi) is 4.52. The van der Waals surface area contributed by atoms with Crippen molar-refractivity contribution in [3.8, 4) is 0 Å². The highest BCUT2D eigenvalue weighted by Gasteiger charge is 2.29. The zero-order valence-electron chi connectivity index (χ0n) is 13.6. The smallest absolute Gasteiger partial charge is 0.188 e. The summed E-state index contributed by atoms with van der Waals surface area (Å²) < 4.78 is 29.8. The molecule has 2 aromatic heterocycles. The van der Waals surface area contributed by atoms with Crippen molar-refractivity contribution in [2.24, 2.45) is 7.05 Å². The first-order chi connectivity index (χ1) is 10.8. The van der Waals surface area contributed by atoms with Crippen LogP contribution in [-0.2, 0) is 23.4 Å². The van der Waals surface area contributed by atoms with E-state index in [0.717, 1.165) is 49.7 Å². The maximum atomic E-state index is 11.9. The number of rotatable bonds is 4. The Morgan fingerprint density at radius 3 is 2.87 bits per heavy atom. The minimum Gasteiger partial charge on any atom is -0.298 e. The van der Waals surface area contributed by atoms with E-state index in [2.05, 4.69) is 19.6 Å². The molecule has 23 heavy (non-hydrogen) atoms. The molecule has 0 aliphatic carbocycles. The zero-order chi connectivity index (χ0) is 16.6. The SMILES string of the molecule is Cc1nn(C)cc1CN1CCC[C@H](c2nnsc2S(C)(=O)=O)C1. The van der Waals surface area contributed by atoms with Gasteiger partial charge in [0.05, 0.1) is 11.4 Å². The van der Waals surface area contributed by atoms with Gasteiger partial charge in [0, 0.05) is 55.6 Å². The predicted octanol–water partition coefficient (Wildman–Crippen LogP) is 1.36. The third-order valence-electron chi connectivity index (χ3n) is 4.22. The number of piperidine rings is 1. The maximum absolute atomic E-state index is 11.9. The van der Waals surface area contributed by atoms with Crippen LogP contribution in [0.1, 0.15) is 35.7 Å². The summed E-state index contributed by atoms with van der Waals surface area (Å²) in [5.74, 6) is 0.129.